The van der Waals surface area contributed by atoms with Gasteiger partial charge in [0, 0.05) is 18.6 Å². The maximum Gasteiger partial charge on any atom is 0.246 e. The van der Waals surface area contributed by atoms with Crippen LogP contribution in [0.3, 0.4) is 0 Å². The van der Waals surface area contributed by atoms with Crippen molar-refractivity contribution in [3.63, 3.8) is 0 Å². The summed E-state index contributed by atoms with van der Waals surface area (Å²) in [4.78, 5) is 19.2. The van der Waals surface area contributed by atoms with Crippen molar-refractivity contribution in [1.82, 2.24) is 15.0 Å². The highest BCUT2D eigenvalue weighted by atomic mass is 32.2. The average molecular weight is 321 g/mol. The lowest BCUT2D eigenvalue weighted by Gasteiger charge is -2.18. The Balaban J connectivity index is 1.88. The van der Waals surface area contributed by atoms with Crippen molar-refractivity contribution < 1.29 is 14.1 Å². The van der Waals surface area contributed by atoms with E-state index in [1.165, 1.54) is 11.8 Å². The van der Waals surface area contributed by atoms with E-state index >= 15 is 0 Å². The Morgan fingerprint density at radius 3 is 2.82 bits per heavy atom. The molecule has 2 rings (SSSR count). The van der Waals surface area contributed by atoms with Gasteiger partial charge in [-0.1, -0.05) is 23.4 Å². The lowest BCUT2D eigenvalue weighted by atomic mass is 10.4. The molecule has 7 heteroatoms. The predicted molar refractivity (Wildman–Crippen MR) is 83.3 cm³/mol. The number of ether oxygens (including phenoxy) is 1. The van der Waals surface area contributed by atoms with Gasteiger partial charge in [0.1, 0.15) is 6.61 Å². The number of rotatable bonds is 8. The molecule has 0 atom stereocenters. The molecule has 0 saturated carbocycles. The second-order valence-corrected chi connectivity index (χ2v) is 5.60. The minimum absolute atomic E-state index is 0.0443. The van der Waals surface area contributed by atoms with Gasteiger partial charge in [-0.05, 0) is 19.1 Å². The molecule has 22 heavy (non-hydrogen) atoms. The molecule has 6 nitrogen and oxygen atoms in total. The fourth-order valence-corrected chi connectivity index (χ4v) is 2.66. The SMILES string of the molecule is CCN(Cc1nc(COC)no1)C(=O)CSc1ccccc1. The van der Waals surface area contributed by atoms with Crippen LogP contribution in [0.4, 0.5) is 0 Å². The summed E-state index contributed by atoms with van der Waals surface area (Å²) in [5.74, 6) is 1.34. The fraction of sp³-hybridized carbons (Fsp3) is 0.400. The molecule has 0 unspecified atom stereocenters. The smallest absolute Gasteiger partial charge is 0.246 e. The first-order valence-electron chi connectivity index (χ1n) is 6.99. The molecular weight excluding hydrogens is 302 g/mol. The van der Waals surface area contributed by atoms with Crippen molar-refractivity contribution in [2.24, 2.45) is 0 Å². The van der Waals surface area contributed by atoms with Crippen molar-refractivity contribution in [3.8, 4) is 0 Å². The van der Waals surface area contributed by atoms with Gasteiger partial charge in [0.2, 0.25) is 11.8 Å². The Morgan fingerprint density at radius 2 is 2.14 bits per heavy atom. The quantitative estimate of drug-likeness (QED) is 0.695. The van der Waals surface area contributed by atoms with Crippen LogP contribution in [0.25, 0.3) is 0 Å². The summed E-state index contributed by atoms with van der Waals surface area (Å²) in [6, 6.07) is 9.85. The van der Waals surface area contributed by atoms with Crippen LogP contribution in [0, 0.1) is 0 Å². The van der Waals surface area contributed by atoms with Crippen LogP contribution in [0.5, 0.6) is 0 Å². The number of nitrogens with zero attached hydrogens (tertiary/aromatic N) is 3. The first-order valence-corrected chi connectivity index (χ1v) is 7.97. The molecule has 2 aromatic rings. The summed E-state index contributed by atoms with van der Waals surface area (Å²) >= 11 is 1.52. The van der Waals surface area contributed by atoms with Gasteiger partial charge in [-0.25, -0.2) is 0 Å². The minimum atomic E-state index is 0.0443. The Kier molecular flexibility index (Phi) is 6.42. The first-order chi connectivity index (χ1) is 10.7. The van der Waals surface area contributed by atoms with E-state index in [-0.39, 0.29) is 5.91 Å². The van der Waals surface area contributed by atoms with E-state index in [0.29, 0.717) is 37.2 Å². The average Bonchev–Trinajstić information content (AvgIpc) is 2.99. The van der Waals surface area contributed by atoms with Crippen LogP contribution < -0.4 is 0 Å². The zero-order valence-electron chi connectivity index (χ0n) is 12.7. The van der Waals surface area contributed by atoms with E-state index < -0.39 is 0 Å². The van der Waals surface area contributed by atoms with Gasteiger partial charge >= 0.3 is 0 Å². The van der Waals surface area contributed by atoms with Crippen LogP contribution in [0.15, 0.2) is 39.8 Å². The van der Waals surface area contributed by atoms with Gasteiger partial charge in [-0.2, -0.15) is 4.98 Å². The summed E-state index contributed by atoms with van der Waals surface area (Å²) in [7, 11) is 1.57. The fourth-order valence-electron chi connectivity index (χ4n) is 1.83. The molecule has 1 aromatic carbocycles. The molecule has 118 valence electrons. The molecule has 1 aromatic heterocycles. The van der Waals surface area contributed by atoms with Gasteiger partial charge in [-0.15, -0.1) is 11.8 Å². The Bertz CT molecular complexity index is 589. The Morgan fingerprint density at radius 1 is 1.36 bits per heavy atom. The largest absolute Gasteiger partial charge is 0.377 e. The highest BCUT2D eigenvalue weighted by Gasteiger charge is 2.16. The van der Waals surface area contributed by atoms with Crippen LogP contribution >= 0.6 is 11.8 Å². The molecule has 0 aliphatic heterocycles. The third-order valence-electron chi connectivity index (χ3n) is 2.95. The number of aromatic nitrogens is 2. The van der Waals surface area contributed by atoms with Crippen LogP contribution in [0.1, 0.15) is 18.6 Å². The van der Waals surface area contributed by atoms with Crippen molar-refractivity contribution in [2.75, 3.05) is 19.4 Å². The zero-order valence-corrected chi connectivity index (χ0v) is 13.5. The number of hydrogen-bond donors (Lipinski definition) is 0. The molecule has 1 heterocycles. The summed E-state index contributed by atoms with van der Waals surface area (Å²) in [6.07, 6.45) is 0. The van der Waals surface area contributed by atoms with Crippen LogP contribution in [0.2, 0.25) is 0 Å². The third kappa shape index (κ3) is 4.85. The van der Waals surface area contributed by atoms with Gasteiger partial charge in [0.25, 0.3) is 0 Å². The van der Waals surface area contributed by atoms with Gasteiger partial charge in [0.05, 0.1) is 12.3 Å². The van der Waals surface area contributed by atoms with E-state index in [1.807, 2.05) is 37.3 Å². The molecular formula is C15H19N3O3S. The van der Waals surface area contributed by atoms with E-state index in [1.54, 1.807) is 12.0 Å². The minimum Gasteiger partial charge on any atom is -0.377 e. The lowest BCUT2D eigenvalue weighted by Crippen LogP contribution is -2.31. The van der Waals surface area contributed by atoms with E-state index in [2.05, 4.69) is 10.1 Å². The number of thioether (sulfide) groups is 1. The third-order valence-corrected chi connectivity index (χ3v) is 3.95. The highest BCUT2D eigenvalue weighted by Crippen LogP contribution is 2.17. The van der Waals surface area contributed by atoms with Gasteiger partial charge < -0.3 is 14.2 Å². The number of hydrogen-bond acceptors (Lipinski definition) is 6. The van der Waals surface area contributed by atoms with Crippen LogP contribution in [-0.2, 0) is 22.7 Å². The second-order valence-electron chi connectivity index (χ2n) is 4.55. The maximum absolute atomic E-state index is 12.3. The van der Waals surface area contributed by atoms with Crippen molar-refractivity contribution in [1.29, 1.82) is 0 Å². The van der Waals surface area contributed by atoms with Crippen LogP contribution in [-0.4, -0.2) is 40.4 Å². The lowest BCUT2D eigenvalue weighted by molar-refractivity contribution is -0.129. The topological polar surface area (TPSA) is 68.5 Å². The summed E-state index contributed by atoms with van der Waals surface area (Å²) in [5, 5.41) is 3.79. The molecule has 0 fully saturated rings. The van der Waals surface area contributed by atoms with E-state index in [0.717, 1.165) is 4.90 Å². The molecule has 0 spiro atoms. The molecule has 0 radical (unpaired) electrons. The van der Waals surface area contributed by atoms with Crippen molar-refractivity contribution in [3.05, 3.63) is 42.0 Å². The monoisotopic (exact) mass is 321 g/mol. The second kappa shape index (κ2) is 8.55. The maximum atomic E-state index is 12.3. The summed E-state index contributed by atoms with van der Waals surface area (Å²) in [5.41, 5.74) is 0. The number of benzene rings is 1. The van der Waals surface area contributed by atoms with Gasteiger partial charge in [0.15, 0.2) is 5.82 Å². The Hall–Kier alpha value is -1.86. The summed E-state index contributed by atoms with van der Waals surface area (Å²) < 4.78 is 10.1. The predicted octanol–water partition coefficient (Wildman–Crippen LogP) is 2.36. The Labute approximate surface area is 133 Å². The van der Waals surface area contributed by atoms with E-state index in [4.69, 9.17) is 9.26 Å². The van der Waals surface area contributed by atoms with Crippen molar-refractivity contribution in [2.45, 2.75) is 25.0 Å². The number of amides is 1. The molecule has 1 amide bonds. The zero-order chi connectivity index (χ0) is 15.8. The van der Waals surface area contributed by atoms with Crippen molar-refractivity contribution >= 4 is 17.7 Å². The molecule has 0 bridgehead atoms. The highest BCUT2D eigenvalue weighted by molar-refractivity contribution is 8.00. The normalized spacial score (nSPS) is 10.6. The first kappa shape index (κ1) is 16.5. The summed E-state index contributed by atoms with van der Waals surface area (Å²) in [6.45, 7) is 3.14. The molecule has 0 aliphatic carbocycles. The number of methoxy groups -OCH3 is 1. The molecule has 0 aliphatic rings. The van der Waals surface area contributed by atoms with E-state index in [9.17, 15) is 4.79 Å². The standard InChI is InChI=1S/C15H19N3O3S/c1-3-18(9-14-16-13(10-20-2)17-21-14)15(19)11-22-12-7-5-4-6-8-12/h4-8H,3,9-11H2,1-2H3. The molecule has 0 N–H and O–H groups in total. The molecule has 0 saturated heterocycles. The number of carbonyl (C=O) groups excluding carboxylic acids is 1. The number of carbonyl (C=O) groups is 1. The van der Waals surface area contributed by atoms with Gasteiger partial charge in [-0.3, -0.25) is 4.79 Å².